The smallest absolute Gasteiger partial charge is 0.350 e. The number of hydrogen-bond acceptors (Lipinski definition) is 2. The highest BCUT2D eigenvalue weighted by atomic mass is 127. The van der Waals surface area contributed by atoms with Gasteiger partial charge in [0.15, 0.2) is 5.92 Å². The van der Waals surface area contributed by atoms with E-state index >= 15 is 0 Å². The van der Waals surface area contributed by atoms with Crippen LogP contribution in [0.15, 0.2) is 36.4 Å². The molecule has 0 atom stereocenters. The predicted octanol–water partition coefficient (Wildman–Crippen LogP) is 6.20. The molecule has 0 heterocycles. The Kier molecular flexibility index (Phi) is 7.84. The summed E-state index contributed by atoms with van der Waals surface area (Å²) in [4.78, 5) is 25.3. The highest BCUT2D eigenvalue weighted by Crippen LogP contribution is 2.46. The third-order valence-electron chi connectivity index (χ3n) is 4.39. The van der Waals surface area contributed by atoms with Crippen molar-refractivity contribution in [3.63, 3.8) is 0 Å². The first-order valence-electron chi connectivity index (χ1n) is 9.27. The first-order valence-corrected chi connectivity index (χ1v) is 10.4. The number of carbonyl (C=O) groups excluding carboxylic acids is 2. The number of rotatable bonds is 5. The molecule has 0 bridgehead atoms. The van der Waals surface area contributed by atoms with Crippen molar-refractivity contribution in [2.45, 2.75) is 45.1 Å². The molecule has 0 saturated carbocycles. The first kappa shape index (κ1) is 25.9. The maximum Gasteiger partial charge on any atom is 0.404 e. The molecule has 174 valence electrons. The fourth-order valence-electron chi connectivity index (χ4n) is 3.04. The minimum atomic E-state index is -5.52. The van der Waals surface area contributed by atoms with E-state index in [0.717, 1.165) is 12.1 Å². The topological polar surface area (TPSA) is 58.2 Å². The van der Waals surface area contributed by atoms with Crippen molar-refractivity contribution in [1.29, 1.82) is 0 Å². The summed E-state index contributed by atoms with van der Waals surface area (Å²) < 4.78 is 78.4. The second-order valence-corrected chi connectivity index (χ2v) is 8.50. The van der Waals surface area contributed by atoms with Crippen molar-refractivity contribution in [1.82, 2.24) is 5.32 Å². The summed E-state index contributed by atoms with van der Waals surface area (Å²) in [6.45, 7) is 4.77. The van der Waals surface area contributed by atoms with Crippen LogP contribution in [-0.4, -0.2) is 30.2 Å². The summed E-state index contributed by atoms with van der Waals surface area (Å²) in [6.07, 6.45) is -11.0. The van der Waals surface area contributed by atoms with Gasteiger partial charge in [-0.2, -0.15) is 26.3 Å². The third-order valence-corrected chi connectivity index (χ3v) is 5.29. The van der Waals surface area contributed by atoms with Gasteiger partial charge in [-0.25, -0.2) is 0 Å². The van der Waals surface area contributed by atoms with E-state index in [4.69, 9.17) is 0 Å². The molecule has 0 aliphatic rings. The van der Waals surface area contributed by atoms with Gasteiger partial charge in [0.1, 0.15) is 0 Å². The molecule has 2 N–H and O–H groups in total. The van der Waals surface area contributed by atoms with Crippen molar-refractivity contribution >= 4 is 40.1 Å². The zero-order valence-corrected chi connectivity index (χ0v) is 19.2. The highest BCUT2D eigenvalue weighted by molar-refractivity contribution is 14.1. The summed E-state index contributed by atoms with van der Waals surface area (Å²) in [5.41, 5.74) is -0.819. The first-order chi connectivity index (χ1) is 14.6. The normalized spacial score (nSPS) is 12.2. The molecule has 4 nitrogen and oxygen atoms in total. The van der Waals surface area contributed by atoms with Crippen LogP contribution in [0, 0.1) is 10.5 Å². The van der Waals surface area contributed by atoms with Crippen LogP contribution in [0.4, 0.5) is 32.0 Å². The number of amides is 2. The second kappa shape index (κ2) is 9.67. The van der Waals surface area contributed by atoms with Gasteiger partial charge in [0.05, 0.1) is 11.1 Å². The molecular weight excluding hydrogens is 553 g/mol. The Morgan fingerprint density at radius 3 is 2.03 bits per heavy atom. The number of halogens is 7. The Morgan fingerprint density at radius 1 is 0.938 bits per heavy atom. The van der Waals surface area contributed by atoms with Gasteiger partial charge in [-0.05, 0) is 72.7 Å². The number of alkyl halides is 6. The number of nitrogens with one attached hydrogen (secondary N) is 2. The number of hydrogen-bond donors (Lipinski definition) is 2. The fraction of sp³-hybridized carbons (Fsp3) is 0.333. The van der Waals surface area contributed by atoms with E-state index in [-0.39, 0.29) is 28.4 Å². The molecule has 0 unspecified atom stereocenters. The Labute approximate surface area is 193 Å². The van der Waals surface area contributed by atoms with E-state index in [2.05, 4.69) is 10.6 Å². The lowest BCUT2D eigenvalue weighted by atomic mass is 9.95. The minimum Gasteiger partial charge on any atom is -0.350 e. The van der Waals surface area contributed by atoms with Crippen LogP contribution in [0.25, 0.3) is 0 Å². The van der Waals surface area contributed by atoms with Gasteiger partial charge in [-0.3, -0.25) is 9.59 Å². The lowest BCUT2D eigenvalue weighted by Crippen LogP contribution is -2.34. The van der Waals surface area contributed by atoms with Crippen molar-refractivity contribution in [2.24, 2.45) is 0 Å². The van der Waals surface area contributed by atoms with Crippen molar-refractivity contribution in [3.8, 4) is 0 Å². The Balaban J connectivity index is 2.38. The van der Waals surface area contributed by atoms with Crippen LogP contribution in [0.1, 0.15) is 51.6 Å². The Morgan fingerprint density at radius 2 is 1.53 bits per heavy atom. The monoisotopic (exact) mass is 572 g/mol. The lowest BCUT2D eigenvalue weighted by Gasteiger charge is -2.24. The maximum atomic E-state index is 13.0. The van der Waals surface area contributed by atoms with E-state index in [1.54, 1.807) is 26.0 Å². The highest BCUT2D eigenvalue weighted by Gasteiger charge is 2.57. The molecule has 0 aliphatic carbocycles. The number of carbonyl (C=O) groups is 2. The van der Waals surface area contributed by atoms with Crippen molar-refractivity contribution in [3.05, 3.63) is 62.2 Å². The van der Waals surface area contributed by atoms with Crippen LogP contribution in [-0.2, 0) is 0 Å². The lowest BCUT2D eigenvalue weighted by molar-refractivity contribution is -0.253. The molecule has 2 aromatic carbocycles. The molecule has 2 rings (SSSR count). The van der Waals surface area contributed by atoms with Gasteiger partial charge in [-0.15, -0.1) is 0 Å². The van der Waals surface area contributed by atoms with Crippen LogP contribution in [0.2, 0.25) is 0 Å². The van der Waals surface area contributed by atoms with Gasteiger partial charge < -0.3 is 10.6 Å². The van der Waals surface area contributed by atoms with Gasteiger partial charge in [0, 0.05) is 15.3 Å². The summed E-state index contributed by atoms with van der Waals surface area (Å²) in [5.74, 6) is -4.85. The molecule has 2 amide bonds. The average molecular weight is 572 g/mol. The molecule has 0 fully saturated rings. The summed E-state index contributed by atoms with van der Waals surface area (Å²) >= 11 is 1.89. The number of benzene rings is 2. The summed E-state index contributed by atoms with van der Waals surface area (Å²) in [5, 5.41) is 5.14. The van der Waals surface area contributed by atoms with Crippen LogP contribution in [0.3, 0.4) is 0 Å². The molecule has 2 aromatic rings. The van der Waals surface area contributed by atoms with E-state index in [1.165, 1.54) is 13.0 Å². The van der Waals surface area contributed by atoms with E-state index in [0.29, 0.717) is 9.64 Å². The molecule has 11 heteroatoms. The largest absolute Gasteiger partial charge is 0.404 e. The van der Waals surface area contributed by atoms with Crippen LogP contribution in [0.5, 0.6) is 0 Å². The Bertz CT molecular complexity index is 1000. The summed E-state index contributed by atoms with van der Waals surface area (Å²) in [6, 6.07) is 6.78. The number of anilines is 1. The van der Waals surface area contributed by atoms with Crippen molar-refractivity contribution < 1.29 is 35.9 Å². The quantitative estimate of drug-likeness (QED) is 0.332. The molecule has 0 aliphatic heterocycles. The predicted molar refractivity (Wildman–Crippen MR) is 116 cm³/mol. The summed E-state index contributed by atoms with van der Waals surface area (Å²) in [7, 11) is 0. The molecule has 0 aromatic heterocycles. The van der Waals surface area contributed by atoms with Gasteiger partial charge >= 0.3 is 12.4 Å². The molecule has 0 spiro atoms. The fourth-order valence-corrected chi connectivity index (χ4v) is 3.78. The van der Waals surface area contributed by atoms with E-state index in [9.17, 15) is 35.9 Å². The zero-order chi connectivity index (χ0) is 24.4. The molecular formula is C21H19F6IN2O2. The molecule has 32 heavy (non-hydrogen) atoms. The second-order valence-electron chi connectivity index (χ2n) is 7.34. The maximum absolute atomic E-state index is 13.0. The standard InChI is InChI=1S/C21H19F6IN2O2/c1-10(2)29-19(32)16-13(5-4-6-14(16)28)18(31)30-15-8-7-12(9-11(15)3)17(20(22,23)24)21(25,26)27/h4-10,17H,1-3H3,(H,29,32)(H,30,31). The van der Waals surface area contributed by atoms with Crippen LogP contribution >= 0.6 is 22.6 Å². The van der Waals surface area contributed by atoms with Gasteiger partial charge in [-0.1, -0.05) is 18.2 Å². The Hall–Kier alpha value is -2.31. The average Bonchev–Trinajstić information content (AvgIpc) is 2.60. The number of aryl methyl sites for hydroxylation is 1. The third kappa shape index (κ3) is 6.14. The zero-order valence-electron chi connectivity index (χ0n) is 17.1. The van der Waals surface area contributed by atoms with Crippen LogP contribution < -0.4 is 10.6 Å². The van der Waals surface area contributed by atoms with Gasteiger partial charge in [0.25, 0.3) is 11.8 Å². The SMILES string of the molecule is Cc1cc(C(C(F)(F)F)C(F)(F)F)ccc1NC(=O)c1cccc(I)c1C(=O)NC(C)C. The van der Waals surface area contributed by atoms with E-state index in [1.807, 2.05) is 22.6 Å². The van der Waals surface area contributed by atoms with Gasteiger partial charge in [0.2, 0.25) is 0 Å². The molecule has 0 saturated heterocycles. The molecule has 0 radical (unpaired) electrons. The van der Waals surface area contributed by atoms with E-state index < -0.39 is 35.6 Å². The van der Waals surface area contributed by atoms with Crippen molar-refractivity contribution in [2.75, 3.05) is 5.32 Å². The minimum absolute atomic E-state index is 0.00756.